The molecule has 52 heavy (non-hydrogen) atoms. The number of aromatic nitrogens is 1. The average molecular weight is 736 g/mol. The molecule has 1 aliphatic rings. The Kier molecular flexibility index (Phi) is 11.3. The zero-order chi connectivity index (χ0) is 36.9. The van der Waals surface area contributed by atoms with E-state index in [4.69, 9.17) is 30.8 Å². The van der Waals surface area contributed by atoms with Crippen molar-refractivity contribution in [3.05, 3.63) is 144 Å². The number of likely N-dealkylation sites (N-methyl/N-ethyl adjacent to an activating group) is 1. The van der Waals surface area contributed by atoms with Crippen molar-refractivity contribution in [3.63, 3.8) is 0 Å². The Morgan fingerprint density at radius 1 is 1.00 bits per heavy atom. The Morgan fingerprint density at radius 2 is 1.75 bits per heavy atom. The lowest BCUT2D eigenvalue weighted by Crippen LogP contribution is -2.43. The molecule has 268 valence electrons. The number of carbonyl (C=O) groups is 1. The maximum Gasteiger partial charge on any atom is 0.271 e. The van der Waals surface area contributed by atoms with E-state index in [2.05, 4.69) is 6.58 Å². The van der Waals surface area contributed by atoms with E-state index in [9.17, 15) is 9.59 Å². The minimum absolute atomic E-state index is 0.164. The van der Waals surface area contributed by atoms with Gasteiger partial charge in [-0.1, -0.05) is 77.5 Å². The van der Waals surface area contributed by atoms with Crippen LogP contribution in [0.15, 0.2) is 107 Å². The number of thiazole rings is 1. The van der Waals surface area contributed by atoms with Gasteiger partial charge in [0.1, 0.15) is 18.4 Å². The quantitative estimate of drug-likeness (QED) is 0.116. The molecule has 1 aliphatic heterocycles. The fourth-order valence-corrected chi connectivity index (χ4v) is 7.94. The van der Waals surface area contributed by atoms with Crippen LogP contribution in [0, 0.1) is 0 Å². The van der Waals surface area contributed by atoms with Gasteiger partial charge < -0.3 is 19.1 Å². The standard InChI is InChI=1S/C42H42ClN3O5S/c1-7-15-29-22-27(23-34(50-10-4)39(29)51-25-30-17-12-14-19-32(30)43)24-35-40(47)46-38(37-31-18-13-11-16-28(31)20-21-33(37)49-6)36(26(5)44-42(46)52-35)41(48)45(8-2)9-3/h7,11-14,16-24,38H,1,8-10,15,25H2,2-6H3/b35-24-/t38-/m1/s1. The monoisotopic (exact) mass is 735 g/mol. The van der Waals surface area contributed by atoms with E-state index in [-0.39, 0.29) is 18.1 Å². The van der Waals surface area contributed by atoms with E-state index in [1.165, 1.54) is 11.3 Å². The van der Waals surface area contributed by atoms with Crippen molar-refractivity contribution >= 4 is 45.7 Å². The Morgan fingerprint density at radius 3 is 2.46 bits per heavy atom. The number of hydrogen-bond acceptors (Lipinski definition) is 7. The second kappa shape index (κ2) is 16.0. The molecule has 0 radical (unpaired) electrons. The van der Waals surface area contributed by atoms with Gasteiger partial charge in [0.25, 0.3) is 11.5 Å². The number of hydrogen-bond donors (Lipinski definition) is 0. The van der Waals surface area contributed by atoms with Crippen molar-refractivity contribution in [2.45, 2.75) is 46.8 Å². The van der Waals surface area contributed by atoms with Gasteiger partial charge in [-0.05, 0) is 80.8 Å². The van der Waals surface area contributed by atoms with Gasteiger partial charge in [-0.15, -0.1) is 6.58 Å². The highest BCUT2D eigenvalue weighted by Crippen LogP contribution is 2.41. The largest absolute Gasteiger partial charge is 0.496 e. The molecule has 1 atom stereocenters. The van der Waals surface area contributed by atoms with Crippen LogP contribution < -0.4 is 29.1 Å². The molecule has 2 heterocycles. The highest BCUT2D eigenvalue weighted by molar-refractivity contribution is 7.07. The van der Waals surface area contributed by atoms with Crippen LogP contribution in [-0.2, 0) is 17.8 Å². The van der Waals surface area contributed by atoms with Crippen molar-refractivity contribution < 1.29 is 19.0 Å². The number of nitrogens with zero attached hydrogens (tertiary/aromatic N) is 3. The van der Waals surface area contributed by atoms with Crippen molar-refractivity contribution in [2.75, 3.05) is 26.8 Å². The number of halogens is 1. The van der Waals surface area contributed by atoms with E-state index < -0.39 is 6.04 Å². The van der Waals surface area contributed by atoms with E-state index in [1.807, 2.05) is 107 Å². The molecule has 0 aliphatic carbocycles. The molecule has 1 aromatic heterocycles. The number of amides is 1. The Balaban J connectivity index is 1.55. The first-order chi connectivity index (χ1) is 25.2. The number of rotatable bonds is 13. The molecular formula is C42H42ClN3O5S. The second-order valence-electron chi connectivity index (χ2n) is 12.3. The van der Waals surface area contributed by atoms with Gasteiger partial charge in [0.15, 0.2) is 16.3 Å². The van der Waals surface area contributed by atoms with Gasteiger partial charge in [0, 0.05) is 34.8 Å². The van der Waals surface area contributed by atoms with Crippen LogP contribution in [-0.4, -0.2) is 42.2 Å². The van der Waals surface area contributed by atoms with Crippen molar-refractivity contribution in [2.24, 2.45) is 4.99 Å². The zero-order valence-corrected chi connectivity index (χ0v) is 31.6. The van der Waals surface area contributed by atoms with Crippen LogP contribution in [0.2, 0.25) is 5.02 Å². The average Bonchev–Trinajstić information content (AvgIpc) is 3.44. The lowest BCUT2D eigenvalue weighted by atomic mass is 9.90. The normalized spacial score (nSPS) is 14.2. The Hall–Kier alpha value is -5.12. The third-order valence-electron chi connectivity index (χ3n) is 9.17. The number of fused-ring (bicyclic) bond motifs is 2. The molecule has 4 aromatic carbocycles. The first-order valence-electron chi connectivity index (χ1n) is 17.4. The van der Waals surface area contributed by atoms with Crippen LogP contribution in [0.25, 0.3) is 16.8 Å². The lowest BCUT2D eigenvalue weighted by molar-refractivity contribution is -0.127. The summed E-state index contributed by atoms with van der Waals surface area (Å²) in [6, 6.07) is 22.5. The summed E-state index contributed by atoms with van der Waals surface area (Å²) in [5.41, 5.74) is 3.96. The van der Waals surface area contributed by atoms with Crippen molar-refractivity contribution in [1.29, 1.82) is 0 Å². The molecule has 0 fully saturated rings. The summed E-state index contributed by atoms with van der Waals surface area (Å²) in [5, 5.41) is 2.48. The van der Waals surface area contributed by atoms with Crippen LogP contribution in [0.1, 0.15) is 56.0 Å². The molecular weight excluding hydrogens is 694 g/mol. The first kappa shape index (κ1) is 36.7. The van der Waals surface area contributed by atoms with E-state index in [0.717, 1.165) is 33.0 Å². The third kappa shape index (κ3) is 7.03. The number of methoxy groups -OCH3 is 1. The van der Waals surface area contributed by atoms with Crippen molar-refractivity contribution in [1.82, 2.24) is 9.47 Å². The molecule has 8 nitrogen and oxygen atoms in total. The minimum atomic E-state index is -0.775. The molecule has 1 amide bonds. The first-order valence-corrected chi connectivity index (χ1v) is 18.6. The van der Waals surface area contributed by atoms with Crippen LogP contribution in [0.5, 0.6) is 17.2 Å². The SMILES string of the molecule is C=CCc1cc(/C=c2\sc3n(c2=O)[C@@H](c2c(OC)ccc4ccccc24)C(C(=O)N(CC)CC)=C(C)N=3)cc(OCC)c1OCc1ccccc1Cl. The Bertz CT molecular complexity index is 2370. The highest BCUT2D eigenvalue weighted by Gasteiger charge is 2.36. The summed E-state index contributed by atoms with van der Waals surface area (Å²) in [6.07, 6.45) is 4.16. The summed E-state index contributed by atoms with van der Waals surface area (Å²) in [7, 11) is 1.61. The van der Waals surface area contributed by atoms with E-state index in [0.29, 0.717) is 69.0 Å². The zero-order valence-electron chi connectivity index (χ0n) is 30.1. The van der Waals surface area contributed by atoms with Crippen molar-refractivity contribution in [3.8, 4) is 17.2 Å². The molecule has 10 heteroatoms. The summed E-state index contributed by atoms with van der Waals surface area (Å²) >= 11 is 7.71. The maximum absolute atomic E-state index is 14.7. The molecule has 0 N–H and O–H groups in total. The topological polar surface area (TPSA) is 82.4 Å². The molecule has 0 bridgehead atoms. The van der Waals surface area contributed by atoms with E-state index >= 15 is 0 Å². The minimum Gasteiger partial charge on any atom is -0.496 e. The van der Waals surface area contributed by atoms with Crippen LogP contribution in [0.3, 0.4) is 0 Å². The fourth-order valence-electron chi connectivity index (χ4n) is 6.70. The van der Waals surface area contributed by atoms with Crippen LogP contribution >= 0.6 is 22.9 Å². The Labute approximate surface area is 312 Å². The third-order valence-corrected chi connectivity index (χ3v) is 10.5. The fraction of sp³-hybridized carbons (Fsp3) is 0.262. The molecule has 6 rings (SSSR count). The molecule has 0 saturated carbocycles. The second-order valence-corrected chi connectivity index (χ2v) is 13.7. The summed E-state index contributed by atoms with van der Waals surface area (Å²) < 4.78 is 20.5. The highest BCUT2D eigenvalue weighted by atomic mass is 35.5. The molecule has 0 unspecified atom stereocenters. The molecule has 5 aromatic rings. The summed E-state index contributed by atoms with van der Waals surface area (Å²) in [4.78, 5) is 36.2. The van der Waals surface area contributed by atoms with Crippen LogP contribution in [0.4, 0.5) is 0 Å². The van der Waals surface area contributed by atoms with Gasteiger partial charge in [-0.25, -0.2) is 4.99 Å². The number of ether oxygens (including phenoxy) is 3. The van der Waals surface area contributed by atoms with Gasteiger partial charge >= 0.3 is 0 Å². The van der Waals surface area contributed by atoms with Gasteiger partial charge in [0.2, 0.25) is 0 Å². The maximum atomic E-state index is 14.7. The predicted molar refractivity (Wildman–Crippen MR) is 209 cm³/mol. The smallest absolute Gasteiger partial charge is 0.271 e. The number of benzene rings is 4. The van der Waals surface area contributed by atoms with Gasteiger partial charge in [0.05, 0.1) is 29.5 Å². The summed E-state index contributed by atoms with van der Waals surface area (Å²) in [5.74, 6) is 1.57. The molecule has 0 spiro atoms. The van der Waals surface area contributed by atoms with Gasteiger partial charge in [-0.2, -0.15) is 0 Å². The van der Waals surface area contributed by atoms with Gasteiger partial charge in [-0.3, -0.25) is 14.2 Å². The molecule has 0 saturated heterocycles. The number of carbonyl (C=O) groups excluding carboxylic acids is 1. The lowest BCUT2D eigenvalue weighted by Gasteiger charge is -2.30. The summed E-state index contributed by atoms with van der Waals surface area (Å²) in [6.45, 7) is 13.3. The predicted octanol–water partition coefficient (Wildman–Crippen LogP) is 7.63. The number of allylic oxidation sites excluding steroid dienone is 2. The van der Waals surface area contributed by atoms with E-state index in [1.54, 1.807) is 22.7 Å².